The number of rotatable bonds is 7. The number of ether oxygens (including phenoxy) is 1. The van der Waals surface area contributed by atoms with E-state index >= 15 is 0 Å². The van der Waals surface area contributed by atoms with Gasteiger partial charge >= 0.3 is 0 Å². The average molecular weight is 300 g/mol. The summed E-state index contributed by atoms with van der Waals surface area (Å²) in [6.45, 7) is 6.91. The molecular formula is C15H22ClNO3. The first-order valence-electron chi connectivity index (χ1n) is 6.69. The standard InChI is InChI=1S/C15H22ClNO3/c1-10(2)8-20-9-14(18)7-17-15(19)12-4-11(3)5-13(16)6-12/h4-6,10,14,18H,7-9H2,1-3H3,(H,17,19). The number of amides is 1. The number of hydrogen-bond acceptors (Lipinski definition) is 3. The minimum atomic E-state index is -0.710. The van der Waals surface area contributed by atoms with Crippen LogP contribution in [0.25, 0.3) is 0 Å². The Balaban J connectivity index is 2.39. The molecule has 1 aromatic carbocycles. The van der Waals surface area contributed by atoms with Gasteiger partial charge in [-0.15, -0.1) is 0 Å². The lowest BCUT2D eigenvalue weighted by molar-refractivity contribution is 0.0259. The SMILES string of the molecule is Cc1cc(Cl)cc(C(=O)NCC(O)COCC(C)C)c1. The molecule has 0 aliphatic rings. The summed E-state index contributed by atoms with van der Waals surface area (Å²) in [5, 5.41) is 12.9. The van der Waals surface area contributed by atoms with Crippen molar-refractivity contribution in [1.29, 1.82) is 0 Å². The van der Waals surface area contributed by atoms with E-state index in [0.717, 1.165) is 5.56 Å². The van der Waals surface area contributed by atoms with Crippen LogP contribution in [0.2, 0.25) is 5.02 Å². The molecule has 0 heterocycles. The Bertz CT molecular complexity index is 428. The highest BCUT2D eigenvalue weighted by molar-refractivity contribution is 6.31. The van der Waals surface area contributed by atoms with E-state index in [9.17, 15) is 9.90 Å². The first kappa shape index (κ1) is 17.0. The first-order chi connectivity index (χ1) is 9.38. The monoisotopic (exact) mass is 299 g/mol. The van der Waals surface area contributed by atoms with Gasteiger partial charge in [-0.25, -0.2) is 0 Å². The van der Waals surface area contributed by atoms with Crippen LogP contribution < -0.4 is 5.32 Å². The first-order valence-corrected chi connectivity index (χ1v) is 7.07. The average Bonchev–Trinajstić information content (AvgIpc) is 2.34. The van der Waals surface area contributed by atoms with Gasteiger partial charge in [0.05, 0.1) is 12.7 Å². The minimum absolute atomic E-state index is 0.155. The number of carbonyl (C=O) groups is 1. The fourth-order valence-electron chi connectivity index (χ4n) is 1.68. The number of aliphatic hydroxyl groups is 1. The molecule has 1 amide bonds. The lowest BCUT2D eigenvalue weighted by atomic mass is 10.1. The second-order valence-electron chi connectivity index (χ2n) is 5.31. The minimum Gasteiger partial charge on any atom is -0.389 e. The van der Waals surface area contributed by atoms with Crippen LogP contribution in [0.1, 0.15) is 29.8 Å². The summed E-state index contributed by atoms with van der Waals surface area (Å²) in [4.78, 5) is 11.9. The summed E-state index contributed by atoms with van der Waals surface area (Å²) in [7, 11) is 0. The number of nitrogens with one attached hydrogen (secondary N) is 1. The van der Waals surface area contributed by atoms with Crippen molar-refractivity contribution in [3.05, 3.63) is 34.3 Å². The molecule has 1 atom stereocenters. The van der Waals surface area contributed by atoms with Crippen molar-refractivity contribution in [2.24, 2.45) is 5.92 Å². The smallest absolute Gasteiger partial charge is 0.251 e. The van der Waals surface area contributed by atoms with Gasteiger partial charge in [0, 0.05) is 23.7 Å². The Morgan fingerprint density at radius 2 is 2.05 bits per heavy atom. The highest BCUT2D eigenvalue weighted by Gasteiger charge is 2.10. The van der Waals surface area contributed by atoms with Crippen LogP contribution in [0.15, 0.2) is 18.2 Å². The van der Waals surface area contributed by atoms with Crippen LogP contribution in [-0.2, 0) is 4.74 Å². The summed E-state index contributed by atoms with van der Waals surface area (Å²) in [6.07, 6.45) is -0.710. The van der Waals surface area contributed by atoms with Gasteiger partial charge in [-0.05, 0) is 36.6 Å². The molecule has 112 valence electrons. The Kier molecular flexibility index (Phi) is 6.99. The third-order valence-electron chi connectivity index (χ3n) is 2.56. The molecule has 1 aromatic rings. The predicted molar refractivity (Wildman–Crippen MR) is 80.2 cm³/mol. The third-order valence-corrected chi connectivity index (χ3v) is 2.78. The van der Waals surface area contributed by atoms with Crippen LogP contribution in [0.3, 0.4) is 0 Å². The zero-order valence-electron chi connectivity index (χ0n) is 12.1. The van der Waals surface area contributed by atoms with E-state index < -0.39 is 6.10 Å². The van der Waals surface area contributed by atoms with E-state index in [2.05, 4.69) is 5.32 Å². The van der Waals surface area contributed by atoms with Crippen molar-refractivity contribution in [2.75, 3.05) is 19.8 Å². The maximum absolute atomic E-state index is 11.9. The van der Waals surface area contributed by atoms with E-state index in [1.807, 2.05) is 20.8 Å². The molecule has 0 aliphatic heterocycles. The Morgan fingerprint density at radius 1 is 1.35 bits per heavy atom. The van der Waals surface area contributed by atoms with Gasteiger partial charge in [0.15, 0.2) is 0 Å². The molecule has 20 heavy (non-hydrogen) atoms. The zero-order valence-corrected chi connectivity index (χ0v) is 12.9. The fraction of sp³-hybridized carbons (Fsp3) is 0.533. The molecule has 0 aliphatic carbocycles. The summed E-state index contributed by atoms with van der Waals surface area (Å²) < 4.78 is 5.31. The number of carbonyl (C=O) groups excluding carboxylic acids is 1. The van der Waals surface area contributed by atoms with Crippen molar-refractivity contribution in [1.82, 2.24) is 5.32 Å². The molecule has 0 saturated heterocycles. The zero-order chi connectivity index (χ0) is 15.1. The largest absolute Gasteiger partial charge is 0.389 e. The summed E-state index contributed by atoms with van der Waals surface area (Å²) in [5.41, 5.74) is 1.41. The molecule has 1 rings (SSSR count). The summed E-state index contributed by atoms with van der Waals surface area (Å²) >= 11 is 5.91. The maximum atomic E-state index is 11.9. The van der Waals surface area contributed by atoms with Crippen molar-refractivity contribution in [3.63, 3.8) is 0 Å². The van der Waals surface area contributed by atoms with E-state index in [1.165, 1.54) is 0 Å². The van der Waals surface area contributed by atoms with E-state index in [4.69, 9.17) is 16.3 Å². The summed E-state index contributed by atoms with van der Waals surface area (Å²) in [6, 6.07) is 5.14. The molecule has 2 N–H and O–H groups in total. The van der Waals surface area contributed by atoms with E-state index in [1.54, 1.807) is 18.2 Å². The summed E-state index contributed by atoms with van der Waals surface area (Å²) in [5.74, 6) is 0.171. The molecule has 0 radical (unpaired) electrons. The van der Waals surface area contributed by atoms with Gasteiger partial charge in [-0.1, -0.05) is 25.4 Å². The Morgan fingerprint density at radius 3 is 2.65 bits per heavy atom. The predicted octanol–water partition coefficient (Wildman–Crippen LogP) is 2.41. The molecule has 0 aromatic heterocycles. The number of hydrogen-bond donors (Lipinski definition) is 2. The molecule has 0 spiro atoms. The number of benzene rings is 1. The van der Waals surface area contributed by atoms with Gasteiger partial charge in [0.1, 0.15) is 0 Å². The number of aliphatic hydroxyl groups excluding tert-OH is 1. The van der Waals surface area contributed by atoms with Gasteiger partial charge < -0.3 is 15.2 Å². The van der Waals surface area contributed by atoms with Crippen molar-refractivity contribution >= 4 is 17.5 Å². The topological polar surface area (TPSA) is 58.6 Å². The third kappa shape index (κ3) is 6.37. The molecule has 0 saturated carbocycles. The fourth-order valence-corrected chi connectivity index (χ4v) is 1.97. The van der Waals surface area contributed by atoms with E-state index in [0.29, 0.717) is 23.1 Å². The van der Waals surface area contributed by atoms with Gasteiger partial charge in [0.2, 0.25) is 0 Å². The molecule has 1 unspecified atom stereocenters. The lowest BCUT2D eigenvalue weighted by Gasteiger charge is -2.13. The highest BCUT2D eigenvalue weighted by Crippen LogP contribution is 2.14. The number of aryl methyl sites for hydroxylation is 1. The van der Waals surface area contributed by atoms with Crippen LogP contribution in [-0.4, -0.2) is 36.9 Å². The Hall–Kier alpha value is -1.10. The molecule has 4 nitrogen and oxygen atoms in total. The molecule has 0 bridgehead atoms. The molecular weight excluding hydrogens is 278 g/mol. The lowest BCUT2D eigenvalue weighted by Crippen LogP contribution is -2.34. The number of halogens is 1. The van der Waals surface area contributed by atoms with E-state index in [-0.39, 0.29) is 19.1 Å². The van der Waals surface area contributed by atoms with Gasteiger partial charge in [-0.3, -0.25) is 4.79 Å². The quantitative estimate of drug-likeness (QED) is 0.813. The van der Waals surface area contributed by atoms with Crippen LogP contribution in [0.4, 0.5) is 0 Å². The van der Waals surface area contributed by atoms with Gasteiger partial charge in [0.25, 0.3) is 5.91 Å². The van der Waals surface area contributed by atoms with Crippen LogP contribution in [0, 0.1) is 12.8 Å². The highest BCUT2D eigenvalue weighted by atomic mass is 35.5. The molecule has 0 fully saturated rings. The Labute approximate surface area is 125 Å². The normalized spacial score (nSPS) is 12.5. The second-order valence-corrected chi connectivity index (χ2v) is 5.75. The van der Waals surface area contributed by atoms with Crippen molar-refractivity contribution < 1.29 is 14.6 Å². The van der Waals surface area contributed by atoms with Crippen molar-refractivity contribution in [2.45, 2.75) is 26.9 Å². The maximum Gasteiger partial charge on any atom is 0.251 e. The van der Waals surface area contributed by atoms with Crippen molar-refractivity contribution in [3.8, 4) is 0 Å². The van der Waals surface area contributed by atoms with Gasteiger partial charge in [-0.2, -0.15) is 0 Å². The molecule has 5 heteroatoms. The van der Waals surface area contributed by atoms with Crippen LogP contribution in [0.5, 0.6) is 0 Å². The van der Waals surface area contributed by atoms with Crippen LogP contribution >= 0.6 is 11.6 Å². The second kappa shape index (κ2) is 8.25.